The van der Waals surface area contributed by atoms with E-state index in [2.05, 4.69) is 15.4 Å². The highest BCUT2D eigenvalue weighted by Gasteiger charge is 2.45. The van der Waals surface area contributed by atoms with E-state index in [1.807, 2.05) is 23.5 Å². The highest BCUT2D eigenvalue weighted by atomic mass is 16.5. The van der Waals surface area contributed by atoms with E-state index in [0.29, 0.717) is 4.90 Å². The Kier molecular flexibility index (Phi) is 6.11. The van der Waals surface area contributed by atoms with Crippen LogP contribution in [0.2, 0.25) is 0 Å². The molecule has 0 spiro atoms. The highest BCUT2D eigenvalue weighted by molar-refractivity contribution is 6.08. The molecule has 1 aliphatic rings. The number of ether oxygens (including phenoxy) is 1. The van der Waals surface area contributed by atoms with Gasteiger partial charge in [0.1, 0.15) is 12.1 Å². The first-order chi connectivity index (χ1) is 12.7. The average molecular weight is 376 g/mol. The minimum atomic E-state index is -1.11. The van der Waals surface area contributed by atoms with Crippen molar-refractivity contribution >= 4 is 29.8 Å². The Morgan fingerprint density at radius 3 is 2.41 bits per heavy atom. The van der Waals surface area contributed by atoms with Gasteiger partial charge in [0.2, 0.25) is 0 Å². The number of nitrogens with zero attached hydrogens (tertiary/aromatic N) is 1. The van der Waals surface area contributed by atoms with Gasteiger partial charge in [-0.3, -0.25) is 24.6 Å². The molecule has 10 nitrogen and oxygen atoms in total. The number of esters is 1. The Balaban J connectivity index is 1.70. The lowest BCUT2D eigenvalue weighted by Gasteiger charge is -2.15. The normalized spacial score (nSPS) is 15.1. The van der Waals surface area contributed by atoms with E-state index < -0.39 is 48.5 Å². The summed E-state index contributed by atoms with van der Waals surface area (Å²) in [5, 5.41) is 6.90. The van der Waals surface area contributed by atoms with Gasteiger partial charge in [-0.05, 0) is 19.4 Å². The summed E-state index contributed by atoms with van der Waals surface area (Å²) in [4.78, 5) is 59.3. The number of carbonyl (C=O) groups is 5. The molecule has 0 unspecified atom stereocenters. The van der Waals surface area contributed by atoms with E-state index in [9.17, 15) is 24.0 Å². The molecule has 1 saturated heterocycles. The molecule has 27 heavy (non-hydrogen) atoms. The van der Waals surface area contributed by atoms with Crippen molar-refractivity contribution in [1.29, 1.82) is 0 Å². The molecular weight excluding hydrogens is 356 g/mol. The molecule has 1 fully saturated rings. The second kappa shape index (κ2) is 8.30. The van der Waals surface area contributed by atoms with Crippen LogP contribution in [-0.4, -0.2) is 53.4 Å². The molecule has 3 N–H and O–H groups in total. The Hall–Kier alpha value is -3.43. The van der Waals surface area contributed by atoms with E-state index in [1.54, 1.807) is 12.1 Å². The van der Waals surface area contributed by atoms with Crippen LogP contribution in [0.4, 0.5) is 9.59 Å². The molecule has 10 heteroatoms. The van der Waals surface area contributed by atoms with Gasteiger partial charge < -0.3 is 15.4 Å². The minimum absolute atomic E-state index is 0.224. The lowest BCUT2D eigenvalue weighted by atomic mass is 10.1. The van der Waals surface area contributed by atoms with Crippen molar-refractivity contribution in [1.82, 2.24) is 20.9 Å². The Morgan fingerprint density at radius 1 is 1.15 bits per heavy atom. The lowest BCUT2D eigenvalue weighted by molar-refractivity contribution is -0.150. The fourth-order valence-corrected chi connectivity index (χ4v) is 2.27. The molecule has 1 aromatic carbocycles. The number of urea groups is 2. The van der Waals surface area contributed by atoms with Crippen LogP contribution in [0.1, 0.15) is 19.4 Å². The predicted octanol–water partition coefficient (Wildman–Crippen LogP) is -0.114. The number of hydrogen-bond acceptors (Lipinski definition) is 6. The lowest BCUT2D eigenvalue weighted by Crippen LogP contribution is -2.43. The van der Waals surface area contributed by atoms with Gasteiger partial charge in [0.15, 0.2) is 6.61 Å². The van der Waals surface area contributed by atoms with Crippen molar-refractivity contribution in [3.05, 3.63) is 35.9 Å². The summed E-state index contributed by atoms with van der Waals surface area (Å²) in [5.74, 6) is -2.36. The quantitative estimate of drug-likeness (QED) is 0.468. The van der Waals surface area contributed by atoms with Crippen LogP contribution in [0.3, 0.4) is 0 Å². The average Bonchev–Trinajstić information content (AvgIpc) is 2.81. The number of imide groups is 2. The summed E-state index contributed by atoms with van der Waals surface area (Å²) in [6, 6.07) is 7.62. The Morgan fingerprint density at radius 2 is 1.81 bits per heavy atom. The smallest absolute Gasteiger partial charge is 0.326 e. The number of carbonyl (C=O) groups excluding carboxylic acids is 5. The number of amides is 6. The van der Waals surface area contributed by atoms with Crippen molar-refractivity contribution in [2.75, 3.05) is 13.2 Å². The molecule has 0 aromatic heterocycles. The summed E-state index contributed by atoms with van der Waals surface area (Å²) in [6.45, 7) is 1.88. The molecule has 0 bridgehead atoms. The third-order valence-electron chi connectivity index (χ3n) is 3.64. The second-order valence-corrected chi connectivity index (χ2v) is 6.32. The van der Waals surface area contributed by atoms with Gasteiger partial charge >= 0.3 is 18.0 Å². The van der Waals surface area contributed by atoms with E-state index in [0.717, 1.165) is 5.56 Å². The number of hydrogen-bond donors (Lipinski definition) is 3. The van der Waals surface area contributed by atoms with Gasteiger partial charge in [-0.1, -0.05) is 30.3 Å². The summed E-state index contributed by atoms with van der Waals surface area (Å²) >= 11 is 0. The van der Waals surface area contributed by atoms with Gasteiger partial charge in [-0.25, -0.2) is 9.59 Å². The van der Waals surface area contributed by atoms with Gasteiger partial charge in [0.05, 0.1) is 0 Å². The maximum atomic E-state index is 11.9. The molecule has 0 atom stereocenters. The van der Waals surface area contributed by atoms with Gasteiger partial charge in [-0.15, -0.1) is 0 Å². The topological polar surface area (TPSA) is 134 Å². The first-order valence-corrected chi connectivity index (χ1v) is 8.10. The van der Waals surface area contributed by atoms with Crippen LogP contribution < -0.4 is 16.0 Å². The maximum Gasteiger partial charge on any atom is 0.326 e. The molecule has 0 saturated carbocycles. The highest BCUT2D eigenvalue weighted by Crippen LogP contribution is 2.16. The molecule has 1 aliphatic heterocycles. The standard InChI is InChI=1S/C17H20N4O6/c1-17(2)14(24)21(16(26)20-17)9-13(23)27-10-12(22)19-15(25)18-8-11-6-4-3-5-7-11/h3-7H,8-10H2,1-2H3,(H,20,26)(H2,18,19,22,25). The van der Waals surface area contributed by atoms with Crippen molar-refractivity contribution in [2.24, 2.45) is 0 Å². The van der Waals surface area contributed by atoms with E-state index in [4.69, 9.17) is 0 Å². The molecular formula is C17H20N4O6. The summed E-state index contributed by atoms with van der Waals surface area (Å²) < 4.78 is 4.69. The monoisotopic (exact) mass is 376 g/mol. The van der Waals surface area contributed by atoms with Gasteiger partial charge in [0, 0.05) is 6.54 Å². The van der Waals surface area contributed by atoms with Crippen LogP contribution in [0.25, 0.3) is 0 Å². The number of rotatable bonds is 6. The van der Waals surface area contributed by atoms with Crippen LogP contribution in [0.15, 0.2) is 30.3 Å². The second-order valence-electron chi connectivity index (χ2n) is 6.32. The van der Waals surface area contributed by atoms with Crippen molar-refractivity contribution in [3.8, 4) is 0 Å². The maximum absolute atomic E-state index is 11.9. The third-order valence-corrected chi connectivity index (χ3v) is 3.64. The molecule has 1 aromatic rings. The molecule has 6 amide bonds. The van der Waals surface area contributed by atoms with Crippen LogP contribution in [0, 0.1) is 0 Å². The predicted molar refractivity (Wildman–Crippen MR) is 92.1 cm³/mol. The van der Waals surface area contributed by atoms with Crippen LogP contribution >= 0.6 is 0 Å². The van der Waals surface area contributed by atoms with Crippen molar-refractivity contribution in [2.45, 2.75) is 25.9 Å². The van der Waals surface area contributed by atoms with Gasteiger partial charge in [0.25, 0.3) is 11.8 Å². The Labute approximate surface area is 155 Å². The molecule has 2 rings (SSSR count). The first kappa shape index (κ1) is 19.9. The van der Waals surface area contributed by atoms with Gasteiger partial charge in [-0.2, -0.15) is 0 Å². The summed E-state index contributed by atoms with van der Waals surface area (Å²) in [5.41, 5.74) is -0.256. The molecule has 0 aliphatic carbocycles. The largest absolute Gasteiger partial charge is 0.454 e. The van der Waals surface area contributed by atoms with E-state index in [1.165, 1.54) is 13.8 Å². The molecule has 144 valence electrons. The van der Waals surface area contributed by atoms with E-state index in [-0.39, 0.29) is 6.54 Å². The fraction of sp³-hybridized carbons (Fsp3) is 0.353. The summed E-state index contributed by atoms with van der Waals surface area (Å²) in [6.07, 6.45) is 0. The fourth-order valence-electron chi connectivity index (χ4n) is 2.27. The SMILES string of the molecule is CC1(C)NC(=O)N(CC(=O)OCC(=O)NC(=O)NCc2ccccc2)C1=O. The van der Waals surface area contributed by atoms with Crippen molar-refractivity contribution < 1.29 is 28.7 Å². The van der Waals surface area contributed by atoms with Crippen LogP contribution in [0.5, 0.6) is 0 Å². The first-order valence-electron chi connectivity index (χ1n) is 8.10. The van der Waals surface area contributed by atoms with E-state index >= 15 is 0 Å². The zero-order chi connectivity index (χ0) is 20.0. The molecule has 1 heterocycles. The van der Waals surface area contributed by atoms with Crippen molar-refractivity contribution in [3.63, 3.8) is 0 Å². The molecule has 0 radical (unpaired) electrons. The Bertz CT molecular complexity index is 762. The number of nitrogens with one attached hydrogen (secondary N) is 3. The minimum Gasteiger partial charge on any atom is -0.454 e. The van der Waals surface area contributed by atoms with Crippen LogP contribution in [-0.2, 0) is 25.7 Å². The third kappa shape index (κ3) is 5.53. The number of benzene rings is 1. The zero-order valence-electron chi connectivity index (χ0n) is 14.9. The zero-order valence-corrected chi connectivity index (χ0v) is 14.9. The summed E-state index contributed by atoms with van der Waals surface area (Å²) in [7, 11) is 0.